The van der Waals surface area contributed by atoms with Crippen molar-refractivity contribution in [3.63, 3.8) is 0 Å². The molecule has 282 valence electrons. The summed E-state index contributed by atoms with van der Waals surface area (Å²) in [5, 5.41) is 8.38. The molecule has 0 fully saturated rings. The molecule has 1 heterocycles. The minimum Gasteiger partial charge on any atom is -0.458 e. The lowest BCUT2D eigenvalue weighted by Gasteiger charge is -2.29. The number of cyclic esters (lactones) is 1. The van der Waals surface area contributed by atoms with Gasteiger partial charge in [0, 0.05) is 68.5 Å². The van der Waals surface area contributed by atoms with Crippen molar-refractivity contribution >= 4 is 51.2 Å². The number of Topliss-reactive ketones (excluding diaryl/α,β-unsaturated/α-hetero) is 1. The third-order valence-electron chi connectivity index (χ3n) is 7.68. The fourth-order valence-electron chi connectivity index (χ4n) is 4.84. The summed E-state index contributed by atoms with van der Waals surface area (Å²) in [6, 6.07) is -0.718. The molecular formula is C39H57N3O7S2. The van der Waals surface area contributed by atoms with E-state index in [-0.39, 0.29) is 42.0 Å². The highest BCUT2D eigenvalue weighted by Gasteiger charge is 2.31. The Kier molecular flexibility index (Phi) is 22.5. The predicted octanol–water partition coefficient (Wildman–Crippen LogP) is 6.80. The molecule has 51 heavy (non-hydrogen) atoms. The number of hydrogen-bond acceptors (Lipinski definition) is 9. The van der Waals surface area contributed by atoms with Crippen LogP contribution in [0.2, 0.25) is 0 Å². The van der Waals surface area contributed by atoms with Crippen molar-refractivity contribution in [3.8, 4) is 11.8 Å². The normalized spacial score (nSPS) is 16.9. The number of carbonyl (C=O) groups excluding carboxylic acids is 5. The molecule has 10 nitrogen and oxygen atoms in total. The molecule has 0 radical (unpaired) electrons. The molecule has 0 aliphatic carbocycles. The van der Waals surface area contributed by atoms with E-state index in [1.54, 1.807) is 59.7 Å². The highest BCUT2D eigenvalue weighted by atomic mass is 33.1. The molecule has 3 N–H and O–H groups in total. The van der Waals surface area contributed by atoms with Gasteiger partial charge in [0.1, 0.15) is 12.2 Å². The number of ketones is 1. The minimum absolute atomic E-state index is 0.0101. The third-order valence-corrected chi connectivity index (χ3v) is 9.50. The molecule has 0 spiro atoms. The van der Waals surface area contributed by atoms with Crippen molar-refractivity contribution < 1.29 is 33.4 Å². The Morgan fingerprint density at radius 3 is 2.49 bits per heavy atom. The number of allylic oxidation sites excluding steroid dienone is 5. The number of alkyl carbamates (subject to hydrolysis) is 1. The van der Waals surface area contributed by atoms with Crippen LogP contribution < -0.4 is 16.0 Å². The quantitative estimate of drug-likeness (QED) is 0.0221. The van der Waals surface area contributed by atoms with Crippen LogP contribution in [-0.2, 0) is 28.7 Å². The van der Waals surface area contributed by atoms with Gasteiger partial charge >= 0.3 is 12.1 Å². The Hall–Kier alpha value is -3.69. The van der Waals surface area contributed by atoms with Gasteiger partial charge in [-0.2, -0.15) is 0 Å². The lowest BCUT2D eigenvalue weighted by Crippen LogP contribution is -2.48. The van der Waals surface area contributed by atoms with E-state index in [0.717, 1.165) is 11.3 Å². The summed E-state index contributed by atoms with van der Waals surface area (Å²) in [6.07, 6.45) is 17.3. The lowest BCUT2D eigenvalue weighted by atomic mass is 9.83. The first-order valence-corrected chi connectivity index (χ1v) is 20.1. The summed E-state index contributed by atoms with van der Waals surface area (Å²) in [7, 11) is 3.26. The van der Waals surface area contributed by atoms with Gasteiger partial charge in [-0.25, -0.2) is 9.59 Å². The number of carbonyl (C=O) groups is 5. The Bertz CT molecular complexity index is 1380. The van der Waals surface area contributed by atoms with Crippen LogP contribution in [-0.4, -0.2) is 73.0 Å². The van der Waals surface area contributed by atoms with Crippen LogP contribution in [0.4, 0.5) is 4.79 Å². The summed E-state index contributed by atoms with van der Waals surface area (Å²) in [4.78, 5) is 61.9. The van der Waals surface area contributed by atoms with Crippen LogP contribution in [0.3, 0.4) is 0 Å². The van der Waals surface area contributed by atoms with E-state index in [1.807, 2.05) is 59.1 Å². The fourth-order valence-corrected chi connectivity index (χ4v) is 6.02. The SMILES string of the molecule is CC#CC[C@@H](C/C=C\CC(=O)[C@@H](NC(=O)\C=C/C=C\C(C)=C\[C@H](C)[C@@H]1CC=C(C)C(=O)O1)C(C)(C)C)OC(=O)NCCCNC(=O)CCSSC. The second-order valence-electron chi connectivity index (χ2n) is 13.3. The topological polar surface area (TPSA) is 140 Å². The third kappa shape index (κ3) is 20.7. The summed E-state index contributed by atoms with van der Waals surface area (Å²) in [6.45, 7) is 13.9. The zero-order valence-corrected chi connectivity index (χ0v) is 33.1. The molecular weight excluding hydrogens is 687 g/mol. The van der Waals surface area contributed by atoms with Gasteiger partial charge in [0.05, 0.1) is 6.04 Å². The Labute approximate surface area is 312 Å². The number of esters is 1. The van der Waals surface area contributed by atoms with E-state index in [1.165, 1.54) is 6.08 Å². The van der Waals surface area contributed by atoms with E-state index in [9.17, 15) is 24.0 Å². The molecule has 0 aromatic heterocycles. The van der Waals surface area contributed by atoms with Gasteiger partial charge in [-0.05, 0) is 38.9 Å². The van der Waals surface area contributed by atoms with Gasteiger partial charge in [-0.15, -0.1) is 5.92 Å². The molecule has 1 aliphatic heterocycles. The average molecular weight is 744 g/mol. The first kappa shape index (κ1) is 45.3. The van der Waals surface area contributed by atoms with Crippen LogP contribution in [0.25, 0.3) is 0 Å². The molecule has 0 aromatic carbocycles. The monoisotopic (exact) mass is 743 g/mol. The average Bonchev–Trinajstić information content (AvgIpc) is 3.06. The maximum atomic E-state index is 13.2. The molecule has 1 aliphatic rings. The van der Waals surface area contributed by atoms with E-state index in [2.05, 4.69) is 27.8 Å². The Balaban J connectivity index is 2.60. The van der Waals surface area contributed by atoms with Crippen molar-refractivity contribution in [2.75, 3.05) is 25.1 Å². The fraction of sp³-hybridized carbons (Fsp3) is 0.564. The Morgan fingerprint density at radius 1 is 1.12 bits per heavy atom. The Morgan fingerprint density at radius 2 is 1.82 bits per heavy atom. The van der Waals surface area contributed by atoms with Gasteiger partial charge in [-0.3, -0.25) is 14.4 Å². The number of hydrogen-bond donors (Lipinski definition) is 3. The van der Waals surface area contributed by atoms with E-state index in [0.29, 0.717) is 50.8 Å². The standard InChI is InChI=1S/C39H57N3O7S2/c1-9-10-17-31(48-38(47)41-25-15-24-40-34(44)23-26-51-50-8)18-12-13-19-32(43)36(39(5,6)7)42-35(45)20-14-11-16-28(2)27-30(4)33-22-21-29(3)37(46)49-33/h11-14,16,20-21,27,30-31,33,36H,15,17-19,22-26H2,1-8H3,(H,40,44)(H,41,47)(H,42,45)/b13-12-,16-11-,20-14-,28-27+/t30-,31-,33-,36+/m0/s1. The number of amides is 3. The first-order valence-electron chi connectivity index (χ1n) is 17.3. The van der Waals surface area contributed by atoms with Gasteiger partial charge in [0.2, 0.25) is 11.8 Å². The molecule has 0 aromatic rings. The van der Waals surface area contributed by atoms with Crippen LogP contribution >= 0.6 is 21.6 Å². The van der Waals surface area contributed by atoms with Crippen LogP contribution in [0.5, 0.6) is 0 Å². The van der Waals surface area contributed by atoms with Gasteiger partial charge in [0.15, 0.2) is 5.78 Å². The first-order chi connectivity index (χ1) is 24.2. The van der Waals surface area contributed by atoms with Crippen molar-refractivity contribution in [2.24, 2.45) is 11.3 Å². The van der Waals surface area contributed by atoms with Gasteiger partial charge in [0.25, 0.3) is 0 Å². The molecule has 0 bridgehead atoms. The molecule has 3 amide bonds. The second kappa shape index (κ2) is 25.3. The maximum Gasteiger partial charge on any atom is 0.407 e. The molecule has 12 heteroatoms. The molecule has 4 atom stereocenters. The second-order valence-corrected chi connectivity index (χ2v) is 16.0. The summed E-state index contributed by atoms with van der Waals surface area (Å²) in [5.41, 5.74) is 1.08. The molecule has 0 saturated carbocycles. The smallest absolute Gasteiger partial charge is 0.407 e. The lowest BCUT2D eigenvalue weighted by molar-refractivity contribution is -0.147. The highest BCUT2D eigenvalue weighted by molar-refractivity contribution is 8.76. The molecule has 1 rings (SSSR count). The largest absolute Gasteiger partial charge is 0.458 e. The number of nitrogens with one attached hydrogen (secondary N) is 3. The van der Waals surface area contributed by atoms with Crippen molar-refractivity contribution in [3.05, 3.63) is 59.8 Å². The number of ether oxygens (including phenoxy) is 2. The summed E-state index contributed by atoms with van der Waals surface area (Å²) in [5.74, 6) is 5.73. The maximum absolute atomic E-state index is 13.2. The zero-order chi connectivity index (χ0) is 38.2. The van der Waals surface area contributed by atoms with Crippen LogP contribution in [0, 0.1) is 23.2 Å². The van der Waals surface area contributed by atoms with Crippen molar-refractivity contribution in [2.45, 2.75) is 105 Å². The van der Waals surface area contributed by atoms with Gasteiger partial charge < -0.3 is 25.4 Å². The zero-order valence-electron chi connectivity index (χ0n) is 31.5. The predicted molar refractivity (Wildman–Crippen MR) is 209 cm³/mol. The summed E-state index contributed by atoms with van der Waals surface area (Å²) >= 11 is 0. The summed E-state index contributed by atoms with van der Waals surface area (Å²) < 4.78 is 11.0. The van der Waals surface area contributed by atoms with E-state index < -0.39 is 23.7 Å². The molecule has 0 unspecified atom stereocenters. The minimum atomic E-state index is -0.718. The van der Waals surface area contributed by atoms with E-state index >= 15 is 0 Å². The van der Waals surface area contributed by atoms with E-state index in [4.69, 9.17) is 9.47 Å². The molecule has 0 saturated heterocycles. The number of rotatable bonds is 21. The van der Waals surface area contributed by atoms with Crippen molar-refractivity contribution in [1.82, 2.24) is 16.0 Å². The van der Waals surface area contributed by atoms with Crippen molar-refractivity contribution in [1.29, 1.82) is 0 Å². The highest BCUT2D eigenvalue weighted by Crippen LogP contribution is 2.23. The van der Waals surface area contributed by atoms with Crippen LogP contribution in [0.15, 0.2) is 59.8 Å². The van der Waals surface area contributed by atoms with Crippen LogP contribution in [0.1, 0.15) is 87.0 Å². The van der Waals surface area contributed by atoms with Gasteiger partial charge in [-0.1, -0.05) is 103 Å².